The summed E-state index contributed by atoms with van der Waals surface area (Å²) in [6.07, 6.45) is 0. The van der Waals surface area contributed by atoms with E-state index in [9.17, 15) is 0 Å². The van der Waals surface area contributed by atoms with E-state index in [1.54, 1.807) is 0 Å². The van der Waals surface area contributed by atoms with Crippen molar-refractivity contribution in [3.8, 4) is 45.6 Å². The number of hydrogen-bond donors (Lipinski definition) is 2. The standard InChI is InChI=1S/C32H18N8.Cu.S/c1-2-10-18-17(9-1)25-33-26(18)38-28-21-13-5-6-14-22(21)30(35-28)40-32-24-16-8-7-15-23(24)31(36-32)39-29-20-12-4-3-11-19(20)27(34-29)37-25;;/h1-16H,(H2,33,34,35,36,37,38,39,40);;. The van der Waals surface area contributed by atoms with Gasteiger partial charge in [0.15, 0.2) is 23.3 Å². The molecule has 7 aromatic rings. The molecule has 0 radical (unpaired) electrons. The minimum atomic E-state index is 0.597. The number of aromatic amines is 2. The van der Waals surface area contributed by atoms with Crippen LogP contribution in [0, 0.1) is 0 Å². The molecule has 0 saturated heterocycles. The van der Waals surface area contributed by atoms with Crippen LogP contribution in [0.5, 0.6) is 0 Å². The maximum Gasteiger partial charge on any atom is 0.164 e. The van der Waals surface area contributed by atoms with Crippen LogP contribution in [0.15, 0.2) is 97.1 Å². The van der Waals surface area contributed by atoms with Gasteiger partial charge in [0.25, 0.3) is 0 Å². The summed E-state index contributed by atoms with van der Waals surface area (Å²) in [5.41, 5.74) is 6.45. The zero-order chi connectivity index (χ0) is 28.2. The monoisotopic (exact) mass is 609 g/mol. The van der Waals surface area contributed by atoms with Crippen molar-refractivity contribution in [3.63, 3.8) is 0 Å². The van der Waals surface area contributed by atoms with Crippen LogP contribution < -0.4 is 0 Å². The number of benzene rings is 4. The van der Waals surface area contributed by atoms with Crippen molar-refractivity contribution in [2.75, 3.05) is 0 Å². The van der Waals surface area contributed by atoms with E-state index < -0.39 is 0 Å². The third-order valence-corrected chi connectivity index (χ3v) is 7.46. The number of hydrogen-bond acceptors (Lipinski definition) is 7. The van der Waals surface area contributed by atoms with Crippen molar-refractivity contribution in [2.24, 2.45) is 0 Å². The molecule has 2 aliphatic heterocycles. The Labute approximate surface area is 250 Å². The molecule has 0 aliphatic carbocycles. The summed E-state index contributed by atoms with van der Waals surface area (Å²) in [6.45, 7) is 0. The number of nitrogens with one attached hydrogen (secondary N) is 2. The van der Waals surface area contributed by atoms with Gasteiger partial charge < -0.3 is 9.97 Å². The van der Waals surface area contributed by atoms with Crippen molar-refractivity contribution >= 4 is 54.7 Å². The molecule has 0 atom stereocenters. The van der Waals surface area contributed by atoms with Gasteiger partial charge in [-0.1, -0.05) is 97.1 Å². The Morgan fingerprint density at radius 1 is 0.357 bits per heavy atom. The molecular weight excluding hydrogens is 592 g/mol. The predicted molar refractivity (Wildman–Crippen MR) is 164 cm³/mol. The quantitative estimate of drug-likeness (QED) is 0.171. The third-order valence-electron chi connectivity index (χ3n) is 7.46. The maximum absolute atomic E-state index is 5.02. The van der Waals surface area contributed by atoms with E-state index >= 15 is 0 Å². The minimum absolute atomic E-state index is 0.597. The summed E-state index contributed by atoms with van der Waals surface area (Å²) in [4.78, 5) is 36.8. The second-order valence-electron chi connectivity index (χ2n) is 9.79. The molecule has 4 aromatic carbocycles. The number of rotatable bonds is 0. The van der Waals surface area contributed by atoms with Crippen LogP contribution in [0.25, 0.3) is 89.7 Å². The van der Waals surface area contributed by atoms with E-state index in [1.807, 2.05) is 97.1 Å². The predicted octanol–water partition coefficient (Wildman–Crippen LogP) is 7.51. The molecule has 0 amide bonds. The summed E-state index contributed by atoms with van der Waals surface area (Å²) in [5, 5.41) is 3.82. The summed E-state index contributed by atoms with van der Waals surface area (Å²) >= 11 is 3.77. The Balaban J connectivity index is 0.00000131. The van der Waals surface area contributed by atoms with Crippen LogP contribution >= 0.6 is 10.6 Å². The third kappa shape index (κ3) is 3.81. The number of fused-ring (bicyclic) bond motifs is 20. The average molecular weight is 610 g/mol. The first-order valence-corrected chi connectivity index (χ1v) is 14.5. The van der Waals surface area contributed by atoms with E-state index in [2.05, 4.69) is 34.9 Å². The molecule has 2 N–H and O–H groups in total. The second-order valence-corrected chi connectivity index (χ2v) is 9.79. The fraction of sp³-hybridized carbons (Fsp3) is 0. The minimum Gasteiger partial charge on any atom is -0.324 e. The molecule has 5 heterocycles. The van der Waals surface area contributed by atoms with Gasteiger partial charge in [0.1, 0.15) is 22.6 Å². The smallest absolute Gasteiger partial charge is 0.164 e. The van der Waals surface area contributed by atoms with E-state index in [1.165, 1.54) is 0 Å². The number of nitrogens with zero attached hydrogens (tertiary/aromatic N) is 6. The first kappa shape index (κ1) is 24.7. The van der Waals surface area contributed by atoms with E-state index in [-0.39, 0.29) is 0 Å². The van der Waals surface area contributed by atoms with Crippen molar-refractivity contribution in [2.45, 2.75) is 0 Å². The van der Waals surface area contributed by atoms with Crippen LogP contribution in [0.4, 0.5) is 0 Å². The molecule has 9 rings (SSSR count). The van der Waals surface area contributed by atoms with Gasteiger partial charge in [0, 0.05) is 43.8 Å². The maximum atomic E-state index is 5.02. The van der Waals surface area contributed by atoms with Gasteiger partial charge in [-0.05, 0) is 0 Å². The molecule has 0 spiro atoms. The summed E-state index contributed by atoms with van der Waals surface area (Å²) < 4.78 is 0. The molecule has 3 aromatic heterocycles. The Hall–Kier alpha value is -5.02. The average Bonchev–Trinajstić information content (AvgIpc) is 3.78. The van der Waals surface area contributed by atoms with Gasteiger partial charge >= 0.3 is 24.9 Å². The summed E-state index contributed by atoms with van der Waals surface area (Å²) in [6, 6.07) is 32.2. The summed E-state index contributed by atoms with van der Waals surface area (Å²) in [7, 11) is 3.65. The van der Waals surface area contributed by atoms with Gasteiger partial charge in [0.2, 0.25) is 0 Å². The van der Waals surface area contributed by atoms with Gasteiger partial charge in [-0.3, -0.25) is 0 Å². The molecule has 10 heteroatoms. The van der Waals surface area contributed by atoms with Crippen molar-refractivity contribution < 1.29 is 14.4 Å². The fourth-order valence-electron chi connectivity index (χ4n) is 5.59. The molecule has 0 saturated carbocycles. The fourth-order valence-corrected chi connectivity index (χ4v) is 5.59. The summed E-state index contributed by atoms with van der Waals surface area (Å²) in [5.74, 6) is 2.39. The van der Waals surface area contributed by atoms with E-state index in [4.69, 9.17) is 29.9 Å². The Kier molecular flexibility index (Phi) is 5.78. The molecule has 2 aliphatic rings. The zero-order valence-corrected chi connectivity index (χ0v) is 23.4. The van der Waals surface area contributed by atoms with Crippen LogP contribution in [-0.2, 0) is 14.4 Å². The van der Waals surface area contributed by atoms with E-state index in [0.29, 0.717) is 45.9 Å². The normalized spacial score (nSPS) is 11.6. The van der Waals surface area contributed by atoms with Gasteiger partial charge in [-0.15, -0.1) is 0 Å². The van der Waals surface area contributed by atoms with Crippen molar-refractivity contribution in [3.05, 3.63) is 97.1 Å². The van der Waals surface area contributed by atoms with Gasteiger partial charge in [-0.2, -0.15) is 0 Å². The van der Waals surface area contributed by atoms with Crippen molar-refractivity contribution in [1.82, 2.24) is 39.9 Å². The molecule has 0 unspecified atom stereocenters. The van der Waals surface area contributed by atoms with Crippen LogP contribution in [0.1, 0.15) is 0 Å². The van der Waals surface area contributed by atoms with Gasteiger partial charge in [0.05, 0.1) is 0 Å². The molecule has 203 valence electrons. The first-order valence-electron chi connectivity index (χ1n) is 13.1. The molecule has 8 bridgehead atoms. The van der Waals surface area contributed by atoms with Gasteiger partial charge in [-0.25, -0.2) is 29.9 Å². The largest absolute Gasteiger partial charge is 0.324 e. The Morgan fingerprint density at radius 2 is 0.595 bits per heavy atom. The zero-order valence-electron chi connectivity index (χ0n) is 21.6. The SMILES string of the molecule is [S]=[Cu].c1ccc2c(c1)-c1nc-2nc2[nH]c(nc3nc(nc4[nH]c(n1)c1ccccc41)-c1ccccc1-3)c1ccccc21. The van der Waals surface area contributed by atoms with Crippen LogP contribution in [-0.4, -0.2) is 39.9 Å². The number of aromatic nitrogens is 8. The molecule has 42 heavy (non-hydrogen) atoms. The molecule has 0 fully saturated rings. The Bertz CT molecular complexity index is 2060. The molecule has 8 nitrogen and oxygen atoms in total. The second kappa shape index (κ2) is 9.81. The van der Waals surface area contributed by atoms with E-state index in [0.717, 1.165) is 43.8 Å². The van der Waals surface area contributed by atoms with Crippen molar-refractivity contribution in [1.29, 1.82) is 0 Å². The van der Waals surface area contributed by atoms with Crippen LogP contribution in [0.3, 0.4) is 0 Å². The van der Waals surface area contributed by atoms with Crippen LogP contribution in [0.2, 0.25) is 0 Å². The first-order chi connectivity index (χ1) is 20.8. The molecular formula is C32H18CuN8S. The number of H-pyrrole nitrogens is 2. The Morgan fingerprint density at radius 3 is 0.857 bits per heavy atom. The topological polar surface area (TPSA) is 109 Å².